The molecule has 0 fully saturated rings. The van der Waals surface area contributed by atoms with Crippen LogP contribution in [0.15, 0.2) is 24.8 Å². The van der Waals surface area contributed by atoms with Crippen LogP contribution in [0.5, 0.6) is 0 Å². The molecule has 0 radical (unpaired) electrons. The number of hydrogen-bond acceptors (Lipinski definition) is 0. The number of halogens is 3. The van der Waals surface area contributed by atoms with Crippen LogP contribution in [0.1, 0.15) is 12.0 Å². The fraction of sp³-hybridized carbons (Fsp3) is 0.200. The highest BCUT2D eigenvalue weighted by atomic mass is 19.2. The van der Waals surface area contributed by atoms with Gasteiger partial charge in [-0.25, -0.2) is 13.2 Å². The number of aryl methyl sites for hydroxylation is 1. The van der Waals surface area contributed by atoms with Crippen LogP contribution in [0.4, 0.5) is 13.2 Å². The molecular weight excluding hydrogens is 177 g/mol. The summed E-state index contributed by atoms with van der Waals surface area (Å²) in [6, 6.07) is 1.45. The van der Waals surface area contributed by atoms with Crippen molar-refractivity contribution in [1.29, 1.82) is 0 Å². The first kappa shape index (κ1) is 9.84. The summed E-state index contributed by atoms with van der Waals surface area (Å²) in [6.07, 6.45) is 2.48. The van der Waals surface area contributed by atoms with E-state index in [1.165, 1.54) is 0 Å². The second kappa shape index (κ2) is 4.12. The van der Waals surface area contributed by atoms with E-state index in [4.69, 9.17) is 0 Å². The fourth-order valence-corrected chi connectivity index (χ4v) is 1.01. The van der Waals surface area contributed by atoms with Gasteiger partial charge in [-0.1, -0.05) is 6.08 Å². The average molecular weight is 186 g/mol. The summed E-state index contributed by atoms with van der Waals surface area (Å²) in [7, 11) is 0. The van der Waals surface area contributed by atoms with Gasteiger partial charge < -0.3 is 0 Å². The predicted molar refractivity (Wildman–Crippen MR) is 44.8 cm³/mol. The average Bonchev–Trinajstić information content (AvgIpc) is 2.09. The molecule has 0 saturated carbocycles. The van der Waals surface area contributed by atoms with Crippen molar-refractivity contribution < 1.29 is 13.2 Å². The van der Waals surface area contributed by atoms with Crippen LogP contribution in [0, 0.1) is 17.5 Å². The Balaban J connectivity index is 2.94. The molecule has 0 atom stereocenters. The van der Waals surface area contributed by atoms with E-state index in [1.54, 1.807) is 6.08 Å². The smallest absolute Gasteiger partial charge is 0.161 e. The molecule has 0 N–H and O–H groups in total. The topological polar surface area (TPSA) is 0 Å². The first-order chi connectivity index (χ1) is 6.15. The largest absolute Gasteiger partial charge is 0.207 e. The molecule has 1 aromatic rings. The van der Waals surface area contributed by atoms with Gasteiger partial charge in [0.15, 0.2) is 11.6 Å². The van der Waals surface area contributed by atoms with E-state index in [9.17, 15) is 13.2 Å². The Morgan fingerprint density at radius 1 is 1.08 bits per heavy atom. The van der Waals surface area contributed by atoms with Gasteiger partial charge >= 0.3 is 0 Å². The normalized spacial score (nSPS) is 10.1. The quantitative estimate of drug-likeness (QED) is 0.502. The van der Waals surface area contributed by atoms with Crippen LogP contribution < -0.4 is 0 Å². The zero-order valence-electron chi connectivity index (χ0n) is 6.99. The number of benzene rings is 1. The van der Waals surface area contributed by atoms with Crippen molar-refractivity contribution in [3.63, 3.8) is 0 Å². The Morgan fingerprint density at radius 2 is 1.69 bits per heavy atom. The monoisotopic (exact) mass is 186 g/mol. The lowest BCUT2D eigenvalue weighted by atomic mass is 10.1. The third-order valence-electron chi connectivity index (χ3n) is 1.71. The molecule has 0 bridgehead atoms. The first-order valence-corrected chi connectivity index (χ1v) is 3.89. The van der Waals surface area contributed by atoms with E-state index in [0.717, 1.165) is 6.07 Å². The van der Waals surface area contributed by atoms with E-state index in [2.05, 4.69) is 6.58 Å². The standard InChI is InChI=1S/C10H9F3/c1-2-3-4-7-5-9(12)10(13)6-8(7)11/h2,5-6H,1,3-4H2. The minimum atomic E-state index is -1.15. The van der Waals surface area contributed by atoms with Crippen molar-refractivity contribution in [2.45, 2.75) is 12.8 Å². The third kappa shape index (κ3) is 2.34. The van der Waals surface area contributed by atoms with Crippen molar-refractivity contribution in [3.8, 4) is 0 Å². The summed E-state index contributed by atoms with van der Waals surface area (Å²) in [5, 5.41) is 0. The van der Waals surface area contributed by atoms with Crippen LogP contribution in [-0.2, 0) is 6.42 Å². The first-order valence-electron chi connectivity index (χ1n) is 3.89. The highest BCUT2D eigenvalue weighted by Crippen LogP contribution is 2.15. The molecule has 0 spiro atoms. The summed E-state index contributed by atoms with van der Waals surface area (Å²) in [4.78, 5) is 0. The lowest BCUT2D eigenvalue weighted by Crippen LogP contribution is -1.94. The van der Waals surface area contributed by atoms with E-state index >= 15 is 0 Å². The molecule has 0 nitrogen and oxygen atoms in total. The third-order valence-corrected chi connectivity index (χ3v) is 1.71. The lowest BCUT2D eigenvalue weighted by Gasteiger charge is -2.01. The van der Waals surface area contributed by atoms with Gasteiger partial charge in [0.2, 0.25) is 0 Å². The number of hydrogen-bond donors (Lipinski definition) is 0. The maximum absolute atomic E-state index is 12.9. The Morgan fingerprint density at radius 3 is 2.31 bits per heavy atom. The molecule has 0 aliphatic rings. The van der Waals surface area contributed by atoms with E-state index in [1.807, 2.05) is 0 Å². The van der Waals surface area contributed by atoms with Gasteiger partial charge in [-0.05, 0) is 24.5 Å². The highest BCUT2D eigenvalue weighted by molar-refractivity contribution is 5.20. The summed E-state index contributed by atoms with van der Waals surface area (Å²) < 4.78 is 38.0. The van der Waals surface area contributed by atoms with Crippen LogP contribution in [0.25, 0.3) is 0 Å². The summed E-state index contributed by atoms with van der Waals surface area (Å²) >= 11 is 0. The molecule has 1 rings (SSSR count). The SMILES string of the molecule is C=CCCc1cc(F)c(F)cc1F. The summed E-state index contributed by atoms with van der Waals surface area (Å²) in [5.74, 6) is -2.87. The Kier molecular flexibility index (Phi) is 3.12. The minimum Gasteiger partial charge on any atom is -0.207 e. The molecule has 70 valence electrons. The molecule has 0 amide bonds. The van der Waals surface area contributed by atoms with E-state index in [-0.39, 0.29) is 5.56 Å². The molecule has 0 aromatic heterocycles. The minimum absolute atomic E-state index is 0.179. The van der Waals surface area contributed by atoms with E-state index < -0.39 is 17.5 Å². The van der Waals surface area contributed by atoms with Gasteiger partial charge in [-0.3, -0.25) is 0 Å². The van der Waals surface area contributed by atoms with Crippen LogP contribution >= 0.6 is 0 Å². The highest BCUT2D eigenvalue weighted by Gasteiger charge is 2.08. The van der Waals surface area contributed by atoms with E-state index in [0.29, 0.717) is 18.9 Å². The van der Waals surface area contributed by atoms with Gasteiger partial charge in [0.25, 0.3) is 0 Å². The van der Waals surface area contributed by atoms with Gasteiger partial charge in [0.1, 0.15) is 5.82 Å². The molecular formula is C10H9F3. The maximum atomic E-state index is 12.9. The van der Waals surface area contributed by atoms with Crippen LogP contribution in [0.2, 0.25) is 0 Å². The molecule has 0 aliphatic heterocycles. The number of allylic oxidation sites excluding steroid dienone is 1. The van der Waals surface area contributed by atoms with Crippen LogP contribution in [0.3, 0.4) is 0 Å². The van der Waals surface area contributed by atoms with Gasteiger partial charge in [0.05, 0.1) is 0 Å². The van der Waals surface area contributed by atoms with Gasteiger partial charge in [0, 0.05) is 6.07 Å². The van der Waals surface area contributed by atoms with Crippen molar-refractivity contribution in [3.05, 3.63) is 47.8 Å². The van der Waals surface area contributed by atoms with Crippen molar-refractivity contribution in [2.24, 2.45) is 0 Å². The summed E-state index contributed by atoms with van der Waals surface area (Å²) in [6.45, 7) is 3.46. The van der Waals surface area contributed by atoms with Crippen molar-refractivity contribution >= 4 is 0 Å². The Hall–Kier alpha value is -1.25. The lowest BCUT2D eigenvalue weighted by molar-refractivity contribution is 0.490. The van der Waals surface area contributed by atoms with Crippen LogP contribution in [-0.4, -0.2) is 0 Å². The molecule has 0 unspecified atom stereocenters. The molecule has 3 heteroatoms. The fourth-order valence-electron chi connectivity index (χ4n) is 1.01. The molecule has 13 heavy (non-hydrogen) atoms. The number of rotatable bonds is 3. The Bertz CT molecular complexity index is 318. The second-order valence-corrected chi connectivity index (χ2v) is 2.69. The predicted octanol–water partition coefficient (Wildman–Crippen LogP) is 3.22. The zero-order valence-corrected chi connectivity index (χ0v) is 6.99. The zero-order chi connectivity index (χ0) is 9.84. The summed E-state index contributed by atoms with van der Waals surface area (Å²) in [5.41, 5.74) is 0.179. The maximum Gasteiger partial charge on any atom is 0.161 e. The van der Waals surface area contributed by atoms with Crippen molar-refractivity contribution in [1.82, 2.24) is 0 Å². The Labute approximate surface area is 74.7 Å². The molecule has 0 saturated heterocycles. The van der Waals surface area contributed by atoms with Crippen molar-refractivity contribution in [2.75, 3.05) is 0 Å². The molecule has 1 aromatic carbocycles. The molecule has 0 heterocycles. The second-order valence-electron chi connectivity index (χ2n) is 2.69. The van der Waals surface area contributed by atoms with Gasteiger partial charge in [-0.2, -0.15) is 0 Å². The molecule has 0 aliphatic carbocycles. The van der Waals surface area contributed by atoms with Gasteiger partial charge in [-0.15, -0.1) is 6.58 Å².